The van der Waals surface area contributed by atoms with E-state index in [0.29, 0.717) is 24.3 Å². The van der Waals surface area contributed by atoms with Crippen LogP contribution in [0, 0.1) is 0 Å². The Balaban J connectivity index is 2.51. The van der Waals surface area contributed by atoms with Gasteiger partial charge in [-0.05, 0) is 17.5 Å². The first-order valence-corrected chi connectivity index (χ1v) is 6.29. The van der Waals surface area contributed by atoms with Crippen molar-refractivity contribution >= 4 is 11.9 Å². The molecule has 19 heavy (non-hydrogen) atoms. The normalized spacial score (nSPS) is 14.0. The van der Waals surface area contributed by atoms with Crippen LogP contribution >= 0.6 is 0 Å². The lowest BCUT2D eigenvalue weighted by molar-refractivity contribution is -0.139. The molecule has 1 aliphatic rings. The molecule has 0 atom stereocenters. The van der Waals surface area contributed by atoms with Crippen LogP contribution in [0.5, 0.6) is 0 Å². The number of carbonyl (C=O) groups is 2. The highest BCUT2D eigenvalue weighted by Crippen LogP contribution is 2.24. The van der Waals surface area contributed by atoms with Gasteiger partial charge in [0.15, 0.2) is 0 Å². The Labute approximate surface area is 111 Å². The number of hydrogen-bond donors (Lipinski definition) is 0. The first-order chi connectivity index (χ1) is 9.02. The lowest BCUT2D eigenvalue weighted by Gasteiger charge is -2.20. The number of pyridine rings is 1. The molecule has 1 aromatic rings. The average Bonchev–Trinajstić information content (AvgIpc) is 2.38. The first kappa shape index (κ1) is 13.5. The van der Waals surface area contributed by atoms with E-state index in [0.717, 1.165) is 11.3 Å². The topological polar surface area (TPSA) is 65.5 Å². The molecule has 0 fully saturated rings. The molecule has 1 aliphatic heterocycles. The van der Waals surface area contributed by atoms with E-state index in [4.69, 9.17) is 4.74 Å². The number of nitrogens with zero attached hydrogens (tertiary/aromatic N) is 1. The maximum Gasteiger partial charge on any atom is 0.340 e. The molecule has 0 bridgehead atoms. The van der Waals surface area contributed by atoms with E-state index < -0.39 is 11.9 Å². The van der Waals surface area contributed by atoms with Crippen molar-refractivity contribution in [3.63, 3.8) is 0 Å². The van der Waals surface area contributed by atoms with Crippen molar-refractivity contribution in [1.82, 2.24) is 4.98 Å². The van der Waals surface area contributed by atoms with Crippen LogP contribution in [0.1, 0.15) is 47.1 Å². The Bertz CT molecular complexity index is 522. The zero-order valence-electron chi connectivity index (χ0n) is 11.4. The van der Waals surface area contributed by atoms with Gasteiger partial charge in [0.1, 0.15) is 0 Å². The fraction of sp³-hybridized carbons (Fsp3) is 0.500. The van der Waals surface area contributed by atoms with E-state index in [1.807, 2.05) is 19.9 Å². The van der Waals surface area contributed by atoms with E-state index in [-0.39, 0.29) is 12.3 Å². The first-order valence-electron chi connectivity index (χ1n) is 6.29. The van der Waals surface area contributed by atoms with Crippen LogP contribution in [0.2, 0.25) is 0 Å². The van der Waals surface area contributed by atoms with E-state index in [1.54, 1.807) is 0 Å². The molecular weight excluding hydrogens is 246 g/mol. The van der Waals surface area contributed by atoms with Gasteiger partial charge in [-0.2, -0.15) is 0 Å². The lowest BCUT2D eigenvalue weighted by Crippen LogP contribution is -2.23. The number of hydrogen-bond acceptors (Lipinski definition) is 5. The van der Waals surface area contributed by atoms with Crippen LogP contribution in [0.3, 0.4) is 0 Å². The van der Waals surface area contributed by atoms with Gasteiger partial charge in [-0.3, -0.25) is 9.78 Å². The van der Waals surface area contributed by atoms with E-state index in [1.165, 1.54) is 7.11 Å². The zero-order chi connectivity index (χ0) is 14.0. The molecule has 2 heterocycles. The largest absolute Gasteiger partial charge is 0.469 e. The number of methoxy groups -OCH3 is 1. The third kappa shape index (κ3) is 2.75. The number of ether oxygens (including phenoxy) is 2. The fourth-order valence-electron chi connectivity index (χ4n) is 2.08. The molecule has 0 aliphatic carbocycles. The summed E-state index contributed by atoms with van der Waals surface area (Å²) in [4.78, 5) is 27.7. The molecule has 0 spiro atoms. The summed E-state index contributed by atoms with van der Waals surface area (Å²) in [5, 5.41) is 0. The van der Waals surface area contributed by atoms with Crippen molar-refractivity contribution in [3.8, 4) is 0 Å². The minimum atomic E-state index is -0.408. The number of aromatic nitrogens is 1. The Morgan fingerprint density at radius 3 is 2.89 bits per heavy atom. The van der Waals surface area contributed by atoms with Crippen molar-refractivity contribution in [2.24, 2.45) is 0 Å². The molecular formula is C14H17NO4. The third-order valence-electron chi connectivity index (χ3n) is 3.14. The van der Waals surface area contributed by atoms with Crippen molar-refractivity contribution < 1.29 is 19.1 Å². The van der Waals surface area contributed by atoms with Gasteiger partial charge in [-0.25, -0.2) is 4.79 Å². The number of carbonyl (C=O) groups excluding carboxylic acids is 2. The summed E-state index contributed by atoms with van der Waals surface area (Å²) in [6.07, 6.45) is 0.659. The standard InChI is InChI=1S/C14H17NO4/c1-8(2)10-6-9-4-5-19-14(17)13(9)11(15-10)7-12(16)18-3/h6,8H,4-5,7H2,1-3H3. The number of cyclic esters (lactones) is 1. The molecule has 5 heteroatoms. The van der Waals surface area contributed by atoms with Gasteiger partial charge in [0.2, 0.25) is 0 Å². The Hall–Kier alpha value is -1.91. The Morgan fingerprint density at radius 1 is 1.53 bits per heavy atom. The Kier molecular flexibility index (Phi) is 3.83. The van der Waals surface area contributed by atoms with Crippen LogP contribution < -0.4 is 0 Å². The summed E-state index contributed by atoms with van der Waals surface area (Å²) in [7, 11) is 1.32. The molecule has 0 saturated carbocycles. The average molecular weight is 263 g/mol. The van der Waals surface area contributed by atoms with Gasteiger partial charge >= 0.3 is 11.9 Å². The highest BCUT2D eigenvalue weighted by molar-refractivity contribution is 5.94. The second-order valence-electron chi connectivity index (χ2n) is 4.82. The van der Waals surface area contributed by atoms with Crippen LogP contribution in [0.15, 0.2) is 6.07 Å². The monoisotopic (exact) mass is 263 g/mol. The number of esters is 2. The van der Waals surface area contributed by atoms with Crippen molar-refractivity contribution in [2.45, 2.75) is 32.6 Å². The molecule has 0 N–H and O–H groups in total. The van der Waals surface area contributed by atoms with Gasteiger partial charge in [-0.15, -0.1) is 0 Å². The highest BCUT2D eigenvalue weighted by Gasteiger charge is 2.26. The molecule has 1 aromatic heterocycles. The highest BCUT2D eigenvalue weighted by atomic mass is 16.5. The maximum absolute atomic E-state index is 11.8. The van der Waals surface area contributed by atoms with Gasteiger partial charge in [0.05, 0.1) is 31.4 Å². The number of rotatable bonds is 3. The van der Waals surface area contributed by atoms with Crippen molar-refractivity contribution in [2.75, 3.05) is 13.7 Å². The van der Waals surface area contributed by atoms with E-state index in [2.05, 4.69) is 9.72 Å². The molecule has 0 radical (unpaired) electrons. The zero-order valence-corrected chi connectivity index (χ0v) is 11.4. The van der Waals surface area contributed by atoms with Crippen LogP contribution in [0.25, 0.3) is 0 Å². The minimum Gasteiger partial charge on any atom is -0.469 e. The van der Waals surface area contributed by atoms with Gasteiger partial charge in [-0.1, -0.05) is 13.8 Å². The number of fused-ring (bicyclic) bond motifs is 1. The summed E-state index contributed by atoms with van der Waals surface area (Å²) in [5.74, 6) is -0.573. The lowest BCUT2D eigenvalue weighted by atomic mass is 9.96. The molecule has 5 nitrogen and oxygen atoms in total. The molecule has 0 amide bonds. The fourth-order valence-corrected chi connectivity index (χ4v) is 2.08. The smallest absolute Gasteiger partial charge is 0.340 e. The van der Waals surface area contributed by atoms with Crippen LogP contribution in [-0.4, -0.2) is 30.6 Å². The second-order valence-corrected chi connectivity index (χ2v) is 4.82. The van der Waals surface area contributed by atoms with Crippen LogP contribution in [0.4, 0.5) is 0 Å². The molecule has 0 aromatic carbocycles. The summed E-state index contributed by atoms with van der Waals surface area (Å²) in [6.45, 7) is 4.43. The summed E-state index contributed by atoms with van der Waals surface area (Å²) in [5.41, 5.74) is 2.68. The molecule has 102 valence electrons. The van der Waals surface area contributed by atoms with E-state index in [9.17, 15) is 9.59 Å². The summed E-state index contributed by atoms with van der Waals surface area (Å²) in [6, 6.07) is 1.93. The summed E-state index contributed by atoms with van der Waals surface area (Å²) >= 11 is 0. The predicted octanol–water partition coefficient (Wildman–Crippen LogP) is 1.63. The van der Waals surface area contributed by atoms with Gasteiger partial charge in [0, 0.05) is 12.1 Å². The van der Waals surface area contributed by atoms with Crippen LogP contribution in [-0.2, 0) is 27.1 Å². The molecule has 0 unspecified atom stereocenters. The molecule has 2 rings (SSSR count). The van der Waals surface area contributed by atoms with Crippen molar-refractivity contribution in [3.05, 3.63) is 28.6 Å². The van der Waals surface area contributed by atoms with Gasteiger partial charge in [0.25, 0.3) is 0 Å². The predicted molar refractivity (Wildman–Crippen MR) is 68.0 cm³/mol. The van der Waals surface area contributed by atoms with Gasteiger partial charge < -0.3 is 9.47 Å². The SMILES string of the molecule is COC(=O)Cc1nc(C(C)C)cc2c1C(=O)OCC2. The second kappa shape index (κ2) is 5.38. The Morgan fingerprint density at radius 2 is 2.26 bits per heavy atom. The minimum absolute atomic E-state index is 0.00546. The van der Waals surface area contributed by atoms with E-state index >= 15 is 0 Å². The molecule has 0 saturated heterocycles. The van der Waals surface area contributed by atoms with Crippen molar-refractivity contribution in [1.29, 1.82) is 0 Å². The quantitative estimate of drug-likeness (QED) is 0.775. The third-order valence-corrected chi connectivity index (χ3v) is 3.14. The summed E-state index contributed by atoms with van der Waals surface area (Å²) < 4.78 is 9.68. The maximum atomic E-state index is 11.8.